The summed E-state index contributed by atoms with van der Waals surface area (Å²) in [6.07, 6.45) is 2.31. The highest BCUT2D eigenvalue weighted by atomic mass is 32.2. The topological polar surface area (TPSA) is 85.6 Å². The van der Waals surface area contributed by atoms with Crippen molar-refractivity contribution < 1.29 is 18.8 Å². The Bertz CT molecular complexity index is 1100. The number of benzene rings is 2. The summed E-state index contributed by atoms with van der Waals surface area (Å²) in [6.45, 7) is 2.56. The van der Waals surface area contributed by atoms with Crippen LogP contribution in [0.4, 0.5) is 0 Å². The van der Waals surface area contributed by atoms with Crippen LogP contribution in [-0.4, -0.2) is 30.9 Å². The van der Waals surface area contributed by atoms with Crippen LogP contribution >= 0.6 is 11.8 Å². The molecular formula is C26H29N3O4S. The molecule has 0 spiro atoms. The molecule has 7 nitrogen and oxygen atoms in total. The Kier molecular flexibility index (Phi) is 7.36. The Labute approximate surface area is 203 Å². The van der Waals surface area contributed by atoms with E-state index in [1.165, 1.54) is 4.90 Å². The molecule has 0 aliphatic carbocycles. The number of hydrogen-bond donors (Lipinski definition) is 2. The van der Waals surface area contributed by atoms with Gasteiger partial charge in [0.15, 0.2) is 11.5 Å². The fraction of sp³-hybridized carbons (Fsp3) is 0.385. The maximum absolute atomic E-state index is 12.7. The van der Waals surface area contributed by atoms with Gasteiger partial charge in [0.1, 0.15) is 5.76 Å². The predicted molar refractivity (Wildman–Crippen MR) is 130 cm³/mol. The minimum absolute atomic E-state index is 0.0784. The molecule has 178 valence electrons. The molecule has 2 aliphatic heterocycles. The van der Waals surface area contributed by atoms with Crippen LogP contribution in [-0.2, 0) is 23.5 Å². The molecule has 3 aromatic rings. The van der Waals surface area contributed by atoms with Crippen molar-refractivity contribution in [1.82, 2.24) is 15.8 Å². The van der Waals surface area contributed by atoms with E-state index in [4.69, 9.17) is 14.0 Å². The molecule has 2 aromatic carbocycles. The van der Waals surface area contributed by atoms with Gasteiger partial charge in [-0.15, -0.1) is 11.8 Å². The van der Waals surface area contributed by atoms with E-state index in [1.807, 2.05) is 36.4 Å². The largest absolute Gasteiger partial charge is 0.454 e. The van der Waals surface area contributed by atoms with Gasteiger partial charge >= 0.3 is 0 Å². The molecule has 1 fully saturated rings. The third-order valence-corrected chi connectivity index (χ3v) is 7.38. The van der Waals surface area contributed by atoms with E-state index in [2.05, 4.69) is 34.0 Å². The Morgan fingerprint density at radius 1 is 1.09 bits per heavy atom. The number of carbonyl (C=O) groups excluding carboxylic acids is 1. The number of amides is 1. The highest BCUT2D eigenvalue weighted by Gasteiger charge is 2.28. The Balaban J connectivity index is 1.11. The van der Waals surface area contributed by atoms with Crippen molar-refractivity contribution in [2.45, 2.75) is 36.5 Å². The third-order valence-electron chi connectivity index (χ3n) is 6.34. The van der Waals surface area contributed by atoms with Gasteiger partial charge in [0, 0.05) is 23.9 Å². The lowest BCUT2D eigenvalue weighted by Gasteiger charge is -2.31. The van der Waals surface area contributed by atoms with Crippen molar-refractivity contribution in [3.05, 3.63) is 71.6 Å². The first-order valence-electron chi connectivity index (χ1n) is 11.7. The number of nitrogens with zero attached hydrogens (tertiary/aromatic N) is 1. The van der Waals surface area contributed by atoms with Crippen molar-refractivity contribution in [2.24, 2.45) is 11.8 Å². The molecule has 2 N–H and O–H groups in total. The van der Waals surface area contributed by atoms with E-state index in [-0.39, 0.29) is 12.7 Å². The van der Waals surface area contributed by atoms with Gasteiger partial charge in [-0.05, 0) is 67.6 Å². The number of ether oxygens (including phenoxy) is 2. The van der Waals surface area contributed by atoms with Gasteiger partial charge in [-0.1, -0.05) is 29.4 Å². The highest BCUT2D eigenvalue weighted by Crippen LogP contribution is 2.32. The second-order valence-electron chi connectivity index (χ2n) is 8.77. The molecule has 2 atom stereocenters. The average Bonchev–Trinajstić information content (AvgIpc) is 3.52. The van der Waals surface area contributed by atoms with Crippen molar-refractivity contribution in [3.63, 3.8) is 0 Å². The molecule has 3 heterocycles. The number of piperidine rings is 1. The van der Waals surface area contributed by atoms with E-state index >= 15 is 0 Å². The maximum atomic E-state index is 12.7. The van der Waals surface area contributed by atoms with Crippen LogP contribution in [0, 0.1) is 11.8 Å². The van der Waals surface area contributed by atoms with Gasteiger partial charge in [0.05, 0.1) is 11.4 Å². The SMILES string of the molecule is O=C(C[C@@H]1CCNC[C@H]1Cc1cc(CSc2ccccc2)on1)NCc1ccc2c(c1)OCO2. The Morgan fingerprint density at radius 3 is 2.88 bits per heavy atom. The average molecular weight is 480 g/mol. The van der Waals surface area contributed by atoms with Gasteiger partial charge in [-0.3, -0.25) is 4.79 Å². The van der Waals surface area contributed by atoms with Crippen molar-refractivity contribution in [3.8, 4) is 11.5 Å². The number of fused-ring (bicyclic) bond motifs is 1. The lowest BCUT2D eigenvalue weighted by Crippen LogP contribution is -2.40. The Hall–Kier alpha value is -2.97. The molecule has 0 bridgehead atoms. The number of carbonyl (C=O) groups is 1. The van der Waals surface area contributed by atoms with Crippen LogP contribution in [0.3, 0.4) is 0 Å². The number of nitrogens with one attached hydrogen (secondary N) is 2. The molecule has 8 heteroatoms. The quantitative estimate of drug-likeness (QED) is 0.446. The molecule has 5 rings (SSSR count). The predicted octanol–water partition coefficient (Wildman–Crippen LogP) is 4.17. The van der Waals surface area contributed by atoms with Crippen LogP contribution in [0.2, 0.25) is 0 Å². The summed E-state index contributed by atoms with van der Waals surface area (Å²) in [4.78, 5) is 13.9. The lowest BCUT2D eigenvalue weighted by molar-refractivity contribution is -0.122. The molecule has 1 aromatic heterocycles. The van der Waals surface area contributed by atoms with Gasteiger partial charge in [-0.25, -0.2) is 0 Å². The summed E-state index contributed by atoms with van der Waals surface area (Å²) in [7, 11) is 0. The monoisotopic (exact) mass is 479 g/mol. The lowest BCUT2D eigenvalue weighted by atomic mass is 9.81. The van der Waals surface area contributed by atoms with E-state index in [1.54, 1.807) is 11.8 Å². The van der Waals surface area contributed by atoms with Crippen LogP contribution in [0.1, 0.15) is 29.9 Å². The van der Waals surface area contributed by atoms with Crippen LogP contribution in [0.15, 0.2) is 64.0 Å². The summed E-state index contributed by atoms with van der Waals surface area (Å²) in [5, 5.41) is 10.8. The van der Waals surface area contributed by atoms with E-state index < -0.39 is 0 Å². The standard InChI is InChI=1S/C26H29N3O4S/c30-26(28-14-18-6-7-24-25(10-18)32-17-31-24)12-19-8-9-27-15-20(19)11-21-13-22(33-29-21)16-34-23-4-2-1-3-5-23/h1-7,10,13,19-20,27H,8-9,11-12,14-17H2,(H,28,30)/t19-,20+/m0/s1. The van der Waals surface area contributed by atoms with Gasteiger partial charge in [-0.2, -0.15) is 0 Å². The van der Waals surface area contributed by atoms with E-state index in [0.29, 0.717) is 24.8 Å². The minimum atomic E-state index is 0.0784. The molecule has 1 saturated heterocycles. The normalized spacial score (nSPS) is 19.2. The summed E-state index contributed by atoms with van der Waals surface area (Å²) >= 11 is 1.74. The molecule has 2 aliphatic rings. The molecule has 0 saturated carbocycles. The number of aromatic nitrogens is 1. The zero-order chi connectivity index (χ0) is 23.2. The van der Waals surface area contributed by atoms with Crippen molar-refractivity contribution in [2.75, 3.05) is 19.9 Å². The van der Waals surface area contributed by atoms with E-state index in [9.17, 15) is 4.79 Å². The number of thioether (sulfide) groups is 1. The van der Waals surface area contributed by atoms with Crippen molar-refractivity contribution in [1.29, 1.82) is 0 Å². The first kappa shape index (κ1) is 22.8. The number of hydrogen-bond acceptors (Lipinski definition) is 7. The molecule has 34 heavy (non-hydrogen) atoms. The molecule has 0 unspecified atom stereocenters. The highest BCUT2D eigenvalue weighted by molar-refractivity contribution is 7.98. The summed E-state index contributed by atoms with van der Waals surface area (Å²) in [5.74, 6) is 3.87. The molecular weight excluding hydrogens is 450 g/mol. The third kappa shape index (κ3) is 5.93. The van der Waals surface area contributed by atoms with E-state index in [0.717, 1.165) is 60.2 Å². The Morgan fingerprint density at radius 2 is 1.97 bits per heavy atom. The minimum Gasteiger partial charge on any atom is -0.454 e. The summed E-state index contributed by atoms with van der Waals surface area (Å²) in [6, 6.07) is 18.1. The fourth-order valence-electron chi connectivity index (χ4n) is 4.51. The van der Waals surface area contributed by atoms with Crippen molar-refractivity contribution >= 4 is 17.7 Å². The zero-order valence-electron chi connectivity index (χ0n) is 19.0. The van der Waals surface area contributed by atoms with Gasteiger partial charge in [0.2, 0.25) is 12.7 Å². The number of rotatable bonds is 9. The zero-order valence-corrected chi connectivity index (χ0v) is 19.8. The second kappa shape index (κ2) is 11.0. The van der Waals surface area contributed by atoms with Crippen LogP contribution in [0.25, 0.3) is 0 Å². The smallest absolute Gasteiger partial charge is 0.231 e. The van der Waals surface area contributed by atoms with Crippen LogP contribution < -0.4 is 20.1 Å². The molecule has 1 amide bonds. The first-order valence-corrected chi connectivity index (χ1v) is 12.7. The first-order chi connectivity index (χ1) is 16.7. The van der Waals surface area contributed by atoms with Crippen LogP contribution in [0.5, 0.6) is 11.5 Å². The van der Waals surface area contributed by atoms with Gasteiger partial charge < -0.3 is 24.6 Å². The summed E-state index contributed by atoms with van der Waals surface area (Å²) < 4.78 is 16.3. The summed E-state index contributed by atoms with van der Waals surface area (Å²) in [5.41, 5.74) is 1.96. The second-order valence-corrected chi connectivity index (χ2v) is 9.82. The molecule has 0 radical (unpaired) electrons. The maximum Gasteiger partial charge on any atom is 0.231 e. The van der Waals surface area contributed by atoms with Gasteiger partial charge in [0.25, 0.3) is 0 Å². The fourth-order valence-corrected chi connectivity index (χ4v) is 5.30.